The van der Waals surface area contributed by atoms with Crippen molar-refractivity contribution >= 4 is 0 Å². The van der Waals surface area contributed by atoms with Crippen LogP contribution in [-0.2, 0) is 4.74 Å². The van der Waals surface area contributed by atoms with Crippen molar-refractivity contribution in [2.24, 2.45) is 0 Å². The molecule has 2 N–H and O–H groups in total. The molecule has 0 saturated carbocycles. The predicted molar refractivity (Wildman–Crippen MR) is 67.6 cm³/mol. The SMILES string of the molecule is CCOCCNC(C)c1cc(OC)ccc1O. The second kappa shape index (κ2) is 7.14. The fraction of sp³-hybridized carbons (Fsp3) is 0.538. The molecule has 0 radical (unpaired) electrons. The number of nitrogens with one attached hydrogen (secondary N) is 1. The van der Waals surface area contributed by atoms with Crippen LogP contribution in [0.4, 0.5) is 0 Å². The van der Waals surface area contributed by atoms with Gasteiger partial charge in [0.2, 0.25) is 0 Å². The number of phenols is 1. The van der Waals surface area contributed by atoms with Crippen molar-refractivity contribution in [1.29, 1.82) is 0 Å². The van der Waals surface area contributed by atoms with Gasteiger partial charge < -0.3 is 19.9 Å². The van der Waals surface area contributed by atoms with E-state index in [0.717, 1.165) is 24.5 Å². The standard InChI is InChI=1S/C13H21NO3/c1-4-17-8-7-14-10(2)12-9-11(16-3)5-6-13(12)15/h5-6,9-10,14-15H,4,7-8H2,1-3H3. The lowest BCUT2D eigenvalue weighted by Gasteiger charge is -2.16. The van der Waals surface area contributed by atoms with E-state index in [4.69, 9.17) is 9.47 Å². The lowest BCUT2D eigenvalue weighted by molar-refractivity contribution is 0.147. The lowest BCUT2D eigenvalue weighted by atomic mass is 10.1. The Balaban J connectivity index is 2.57. The third-order valence-corrected chi connectivity index (χ3v) is 2.60. The van der Waals surface area contributed by atoms with E-state index in [1.165, 1.54) is 0 Å². The van der Waals surface area contributed by atoms with Crippen LogP contribution in [-0.4, -0.2) is 32.0 Å². The molecule has 17 heavy (non-hydrogen) atoms. The summed E-state index contributed by atoms with van der Waals surface area (Å²) in [4.78, 5) is 0. The Bertz CT molecular complexity index is 341. The zero-order valence-corrected chi connectivity index (χ0v) is 10.7. The van der Waals surface area contributed by atoms with E-state index in [1.807, 2.05) is 19.9 Å². The number of aromatic hydroxyl groups is 1. The average Bonchev–Trinajstić information content (AvgIpc) is 2.35. The van der Waals surface area contributed by atoms with E-state index in [1.54, 1.807) is 19.2 Å². The van der Waals surface area contributed by atoms with Gasteiger partial charge >= 0.3 is 0 Å². The van der Waals surface area contributed by atoms with Crippen molar-refractivity contribution in [3.63, 3.8) is 0 Å². The van der Waals surface area contributed by atoms with Gasteiger partial charge in [0.15, 0.2) is 0 Å². The second-order valence-electron chi connectivity index (χ2n) is 3.80. The summed E-state index contributed by atoms with van der Waals surface area (Å²) in [5.41, 5.74) is 0.834. The van der Waals surface area contributed by atoms with Crippen LogP contribution in [0.1, 0.15) is 25.5 Å². The lowest BCUT2D eigenvalue weighted by Crippen LogP contribution is -2.23. The van der Waals surface area contributed by atoms with Crippen molar-refractivity contribution in [3.05, 3.63) is 23.8 Å². The first-order valence-electron chi connectivity index (χ1n) is 5.87. The summed E-state index contributed by atoms with van der Waals surface area (Å²) in [5.74, 6) is 1.03. The van der Waals surface area contributed by atoms with Crippen LogP contribution in [0.3, 0.4) is 0 Å². The first-order chi connectivity index (χ1) is 8.19. The van der Waals surface area contributed by atoms with Crippen molar-refractivity contribution in [2.45, 2.75) is 19.9 Å². The topological polar surface area (TPSA) is 50.7 Å². The molecule has 1 unspecified atom stereocenters. The monoisotopic (exact) mass is 239 g/mol. The Morgan fingerprint density at radius 1 is 1.41 bits per heavy atom. The van der Waals surface area contributed by atoms with Gasteiger partial charge in [0.25, 0.3) is 0 Å². The summed E-state index contributed by atoms with van der Waals surface area (Å²) < 4.78 is 10.4. The van der Waals surface area contributed by atoms with Crippen molar-refractivity contribution in [2.75, 3.05) is 26.9 Å². The van der Waals surface area contributed by atoms with E-state index >= 15 is 0 Å². The number of benzene rings is 1. The Labute approximate surface area is 103 Å². The largest absolute Gasteiger partial charge is 0.508 e. The summed E-state index contributed by atoms with van der Waals surface area (Å²) in [7, 11) is 1.61. The molecule has 1 aromatic carbocycles. The molecule has 96 valence electrons. The summed E-state index contributed by atoms with van der Waals surface area (Å²) in [5, 5.41) is 13.1. The van der Waals surface area contributed by atoms with Crippen LogP contribution in [0, 0.1) is 0 Å². The van der Waals surface area contributed by atoms with E-state index in [9.17, 15) is 5.11 Å². The van der Waals surface area contributed by atoms with Crippen LogP contribution in [0.5, 0.6) is 11.5 Å². The summed E-state index contributed by atoms with van der Waals surface area (Å²) in [6.45, 7) is 6.12. The Hall–Kier alpha value is -1.26. The highest BCUT2D eigenvalue weighted by molar-refractivity contribution is 5.41. The van der Waals surface area contributed by atoms with Crippen LogP contribution < -0.4 is 10.1 Å². The maximum absolute atomic E-state index is 9.78. The predicted octanol–water partition coefficient (Wildman–Crippen LogP) is 2.09. The van der Waals surface area contributed by atoms with Gasteiger partial charge in [-0.15, -0.1) is 0 Å². The Morgan fingerprint density at radius 3 is 2.82 bits per heavy atom. The number of rotatable bonds is 7. The molecule has 1 atom stereocenters. The molecule has 1 rings (SSSR count). The van der Waals surface area contributed by atoms with Crippen LogP contribution >= 0.6 is 0 Å². The molecule has 0 spiro atoms. The smallest absolute Gasteiger partial charge is 0.120 e. The minimum atomic E-state index is 0.0607. The molecule has 4 nitrogen and oxygen atoms in total. The van der Waals surface area contributed by atoms with E-state index < -0.39 is 0 Å². The third kappa shape index (κ3) is 4.24. The molecule has 4 heteroatoms. The fourth-order valence-corrected chi connectivity index (χ4v) is 1.61. The van der Waals surface area contributed by atoms with Gasteiger partial charge in [-0.05, 0) is 32.0 Å². The number of phenolic OH excluding ortho intramolecular Hbond substituents is 1. The van der Waals surface area contributed by atoms with Crippen molar-refractivity contribution < 1.29 is 14.6 Å². The normalized spacial score (nSPS) is 12.4. The third-order valence-electron chi connectivity index (χ3n) is 2.60. The highest BCUT2D eigenvalue weighted by atomic mass is 16.5. The van der Waals surface area contributed by atoms with Gasteiger partial charge in [0.1, 0.15) is 11.5 Å². The van der Waals surface area contributed by atoms with Gasteiger partial charge in [-0.2, -0.15) is 0 Å². The number of ether oxygens (including phenoxy) is 2. The van der Waals surface area contributed by atoms with Crippen LogP contribution in [0.15, 0.2) is 18.2 Å². The molecule has 0 aromatic heterocycles. The Morgan fingerprint density at radius 2 is 2.18 bits per heavy atom. The van der Waals surface area contributed by atoms with Crippen molar-refractivity contribution in [1.82, 2.24) is 5.32 Å². The van der Waals surface area contributed by atoms with Crippen LogP contribution in [0.2, 0.25) is 0 Å². The maximum Gasteiger partial charge on any atom is 0.120 e. The molecular weight excluding hydrogens is 218 g/mol. The highest BCUT2D eigenvalue weighted by Gasteiger charge is 2.10. The first kappa shape index (κ1) is 13.8. The molecule has 0 fully saturated rings. The van der Waals surface area contributed by atoms with Crippen molar-refractivity contribution in [3.8, 4) is 11.5 Å². The second-order valence-corrected chi connectivity index (χ2v) is 3.80. The van der Waals surface area contributed by atoms with Gasteiger partial charge in [0.05, 0.1) is 13.7 Å². The molecule has 1 aromatic rings. The van der Waals surface area contributed by atoms with Gasteiger partial charge in [-0.25, -0.2) is 0 Å². The molecular formula is C13H21NO3. The van der Waals surface area contributed by atoms with Gasteiger partial charge in [0, 0.05) is 24.8 Å². The molecule has 0 bridgehead atoms. The molecule has 0 heterocycles. The van der Waals surface area contributed by atoms with E-state index in [2.05, 4.69) is 5.32 Å². The maximum atomic E-state index is 9.78. The zero-order chi connectivity index (χ0) is 12.7. The number of methoxy groups -OCH3 is 1. The average molecular weight is 239 g/mol. The van der Waals surface area contributed by atoms with E-state index in [0.29, 0.717) is 6.61 Å². The van der Waals surface area contributed by atoms with Crippen LogP contribution in [0.25, 0.3) is 0 Å². The summed E-state index contributed by atoms with van der Waals surface area (Å²) >= 11 is 0. The van der Waals surface area contributed by atoms with Gasteiger partial charge in [-0.1, -0.05) is 0 Å². The molecule has 0 aliphatic rings. The minimum absolute atomic E-state index is 0.0607. The fourth-order valence-electron chi connectivity index (χ4n) is 1.61. The molecule has 0 amide bonds. The van der Waals surface area contributed by atoms with E-state index in [-0.39, 0.29) is 11.8 Å². The van der Waals surface area contributed by atoms with Gasteiger partial charge in [-0.3, -0.25) is 0 Å². The Kier molecular flexibility index (Phi) is 5.80. The molecule has 0 aliphatic carbocycles. The number of hydrogen-bond donors (Lipinski definition) is 2. The summed E-state index contributed by atoms with van der Waals surface area (Å²) in [6, 6.07) is 5.29. The highest BCUT2D eigenvalue weighted by Crippen LogP contribution is 2.27. The zero-order valence-electron chi connectivity index (χ0n) is 10.7. The molecule has 0 saturated heterocycles. The quantitative estimate of drug-likeness (QED) is 0.715. The summed E-state index contributed by atoms with van der Waals surface area (Å²) in [6.07, 6.45) is 0. The first-order valence-corrected chi connectivity index (χ1v) is 5.87. The number of hydrogen-bond acceptors (Lipinski definition) is 4. The minimum Gasteiger partial charge on any atom is -0.508 e. The molecule has 0 aliphatic heterocycles.